The molecule has 0 saturated heterocycles. The summed E-state index contributed by atoms with van der Waals surface area (Å²) >= 11 is 5.91. The van der Waals surface area contributed by atoms with Crippen molar-refractivity contribution < 1.29 is 23.1 Å². The molecule has 9 heteroatoms. The summed E-state index contributed by atoms with van der Waals surface area (Å²) in [6, 6.07) is 2.67. The van der Waals surface area contributed by atoms with Crippen LogP contribution in [0.1, 0.15) is 0 Å². The minimum absolute atomic E-state index is 0.0141. The summed E-state index contributed by atoms with van der Waals surface area (Å²) in [5, 5.41) is 12.8. The number of hydrogen-bond acceptors (Lipinski definition) is 6. The first-order valence-electron chi connectivity index (χ1n) is 6.36. The number of anilines is 1. The summed E-state index contributed by atoms with van der Waals surface area (Å²) in [5.41, 5.74) is 0.299. The number of halogens is 1. The molecule has 0 spiro atoms. The maximum Gasteiger partial charge on any atom is 0.247 e. The number of ketones is 1. The third kappa shape index (κ3) is 2.69. The van der Waals surface area contributed by atoms with Crippen molar-refractivity contribution in [2.45, 2.75) is 4.90 Å². The number of carbonyl (C=O) groups excluding carboxylic acids is 1. The molecule has 1 aromatic rings. The number of nitrogens with one attached hydrogen (secondary N) is 1. The summed E-state index contributed by atoms with van der Waals surface area (Å²) in [6.45, 7) is 3.54. The average molecular weight is 359 g/mol. The summed E-state index contributed by atoms with van der Waals surface area (Å²) in [6.07, 6.45) is 0. The van der Waals surface area contributed by atoms with Crippen LogP contribution < -0.4 is 5.32 Å². The topological polar surface area (TPSA) is 95.9 Å². The number of benzene rings is 1. The first-order chi connectivity index (χ1) is 10.6. The van der Waals surface area contributed by atoms with Crippen LogP contribution in [-0.4, -0.2) is 44.8 Å². The molecule has 2 N–H and O–H groups in total. The number of sulfonamides is 1. The van der Waals surface area contributed by atoms with Gasteiger partial charge in [-0.15, -0.1) is 0 Å². The van der Waals surface area contributed by atoms with E-state index in [1.807, 2.05) is 0 Å². The first-order valence-corrected chi connectivity index (χ1v) is 8.18. The fraction of sp³-hybridized carbons (Fsp3) is 0.214. The van der Waals surface area contributed by atoms with Crippen LogP contribution in [0, 0.1) is 0 Å². The zero-order chi connectivity index (χ0) is 17.5. The number of carbonyl (C=O) groups is 1. The summed E-state index contributed by atoms with van der Waals surface area (Å²) in [5.74, 6) is -0.714. The van der Waals surface area contributed by atoms with Gasteiger partial charge in [0.05, 0.1) is 23.4 Å². The lowest BCUT2D eigenvalue weighted by molar-refractivity contribution is -0.113. The minimum atomic E-state index is -3.97. The average Bonchev–Trinajstić information content (AvgIpc) is 2.48. The predicted octanol–water partition coefficient (Wildman–Crippen LogP) is 1.70. The molecule has 0 heterocycles. The molecule has 0 atom stereocenters. The molecule has 124 valence electrons. The monoisotopic (exact) mass is 358 g/mol. The number of Topliss-reactive ketones (excluding diaryl/α,β-unsaturated/α-hetero) is 1. The molecule has 2 rings (SSSR count). The number of hydrogen-bond donors (Lipinski definition) is 2. The van der Waals surface area contributed by atoms with E-state index in [2.05, 4.69) is 11.9 Å². The van der Waals surface area contributed by atoms with Gasteiger partial charge in [-0.3, -0.25) is 4.79 Å². The Hall–Kier alpha value is -2.03. The van der Waals surface area contributed by atoms with E-state index in [0.29, 0.717) is 0 Å². The quantitative estimate of drug-likeness (QED) is 0.614. The number of methoxy groups -OCH3 is 1. The Morgan fingerprint density at radius 1 is 1.35 bits per heavy atom. The van der Waals surface area contributed by atoms with Gasteiger partial charge in [-0.05, 0) is 12.1 Å². The van der Waals surface area contributed by atoms with E-state index in [1.54, 1.807) is 0 Å². The zero-order valence-corrected chi connectivity index (χ0v) is 14.2. The van der Waals surface area contributed by atoms with Crippen molar-refractivity contribution in [3.05, 3.63) is 40.8 Å². The Kier molecular flexibility index (Phi) is 4.43. The summed E-state index contributed by atoms with van der Waals surface area (Å²) in [4.78, 5) is 11.3. The normalized spacial score (nSPS) is 15.0. The number of phenolic OH excluding ortho intramolecular Hbond substituents is 1. The third-order valence-corrected chi connectivity index (χ3v) is 5.61. The molecular formula is C14H15ClN2O5S. The predicted molar refractivity (Wildman–Crippen MR) is 85.8 cm³/mol. The van der Waals surface area contributed by atoms with Crippen molar-refractivity contribution in [3.8, 4) is 5.75 Å². The number of phenols is 1. The van der Waals surface area contributed by atoms with Crippen LogP contribution >= 0.6 is 11.6 Å². The third-order valence-electron chi connectivity index (χ3n) is 3.29. The second kappa shape index (κ2) is 5.88. The van der Waals surface area contributed by atoms with E-state index in [1.165, 1.54) is 33.3 Å². The van der Waals surface area contributed by atoms with E-state index in [9.17, 15) is 18.3 Å². The van der Waals surface area contributed by atoms with Crippen LogP contribution in [0.3, 0.4) is 0 Å². The molecule has 0 aliphatic heterocycles. The van der Waals surface area contributed by atoms with Gasteiger partial charge in [0.2, 0.25) is 15.8 Å². The second-order valence-corrected chi connectivity index (χ2v) is 7.40. The zero-order valence-electron chi connectivity index (χ0n) is 12.7. The molecule has 23 heavy (non-hydrogen) atoms. The molecule has 0 bridgehead atoms. The van der Waals surface area contributed by atoms with Gasteiger partial charge in [0.15, 0.2) is 11.5 Å². The van der Waals surface area contributed by atoms with Gasteiger partial charge >= 0.3 is 0 Å². The molecule has 0 amide bonds. The Balaban J connectivity index is 2.54. The number of rotatable bonds is 5. The van der Waals surface area contributed by atoms with Crippen LogP contribution in [0.5, 0.6) is 5.75 Å². The SMILES string of the molecule is C=C1C(=O)C(Nc2ccc(Cl)c(S(=O)(=O)N(C)C)c2O)=C1OC. The van der Waals surface area contributed by atoms with Gasteiger partial charge in [0.25, 0.3) is 0 Å². The van der Waals surface area contributed by atoms with Gasteiger partial charge in [-0.25, -0.2) is 12.7 Å². The van der Waals surface area contributed by atoms with E-state index in [-0.39, 0.29) is 33.5 Å². The maximum atomic E-state index is 12.3. The first kappa shape index (κ1) is 17.3. The highest BCUT2D eigenvalue weighted by Crippen LogP contribution is 2.40. The van der Waals surface area contributed by atoms with Gasteiger partial charge in [0.1, 0.15) is 10.6 Å². The standard InChI is InChI=1S/C14H15ClN2O5S/c1-7-11(18)10(13(7)22-4)16-9-6-5-8(15)14(12(9)19)23(20,21)17(2)3/h5-6,16,19H,1H2,2-4H3. The number of ether oxygens (including phenoxy) is 1. The van der Waals surface area contributed by atoms with Crippen molar-refractivity contribution in [2.75, 3.05) is 26.5 Å². The fourth-order valence-electron chi connectivity index (χ4n) is 1.99. The maximum absolute atomic E-state index is 12.3. The van der Waals surface area contributed by atoms with Crippen LogP contribution in [0.15, 0.2) is 40.6 Å². The molecule has 1 aliphatic carbocycles. The Morgan fingerprint density at radius 2 is 1.96 bits per heavy atom. The Labute approximate surface area is 138 Å². The Morgan fingerprint density at radius 3 is 2.48 bits per heavy atom. The molecule has 0 fully saturated rings. The molecule has 1 aliphatic rings. The number of allylic oxidation sites excluding steroid dienone is 2. The highest BCUT2D eigenvalue weighted by Gasteiger charge is 2.35. The molecule has 1 aromatic carbocycles. The molecule has 0 radical (unpaired) electrons. The molecule has 0 saturated carbocycles. The second-order valence-electron chi connectivity index (χ2n) is 4.90. The van der Waals surface area contributed by atoms with Crippen molar-refractivity contribution in [1.29, 1.82) is 0 Å². The lowest BCUT2D eigenvalue weighted by Crippen LogP contribution is -2.28. The highest BCUT2D eigenvalue weighted by molar-refractivity contribution is 7.89. The van der Waals surface area contributed by atoms with Gasteiger partial charge in [-0.2, -0.15) is 0 Å². The van der Waals surface area contributed by atoms with Crippen molar-refractivity contribution in [2.24, 2.45) is 0 Å². The van der Waals surface area contributed by atoms with Crippen LogP contribution in [-0.2, 0) is 19.6 Å². The molecule has 7 nitrogen and oxygen atoms in total. The largest absolute Gasteiger partial charge is 0.504 e. The van der Waals surface area contributed by atoms with Crippen LogP contribution in [0.2, 0.25) is 5.02 Å². The Bertz CT molecular complexity index is 843. The number of nitrogens with zero attached hydrogens (tertiary/aromatic N) is 1. The van der Waals surface area contributed by atoms with E-state index >= 15 is 0 Å². The minimum Gasteiger partial charge on any atom is -0.504 e. The lowest BCUT2D eigenvalue weighted by Gasteiger charge is -2.25. The van der Waals surface area contributed by atoms with Crippen LogP contribution in [0.25, 0.3) is 0 Å². The van der Waals surface area contributed by atoms with E-state index in [4.69, 9.17) is 16.3 Å². The summed E-state index contributed by atoms with van der Waals surface area (Å²) in [7, 11) is 0.0376. The molecular weight excluding hydrogens is 344 g/mol. The highest BCUT2D eigenvalue weighted by atomic mass is 35.5. The van der Waals surface area contributed by atoms with E-state index in [0.717, 1.165) is 4.31 Å². The van der Waals surface area contributed by atoms with Crippen LogP contribution in [0.4, 0.5) is 5.69 Å². The van der Waals surface area contributed by atoms with Crippen molar-refractivity contribution in [1.82, 2.24) is 4.31 Å². The smallest absolute Gasteiger partial charge is 0.247 e. The van der Waals surface area contributed by atoms with Gasteiger partial charge in [-0.1, -0.05) is 18.2 Å². The number of aromatic hydroxyl groups is 1. The van der Waals surface area contributed by atoms with Crippen molar-refractivity contribution in [3.63, 3.8) is 0 Å². The molecule has 0 aromatic heterocycles. The lowest BCUT2D eigenvalue weighted by atomic mass is 9.95. The van der Waals surface area contributed by atoms with Gasteiger partial charge < -0.3 is 15.2 Å². The van der Waals surface area contributed by atoms with Gasteiger partial charge in [0, 0.05) is 14.1 Å². The fourth-order valence-corrected chi connectivity index (χ4v) is 3.47. The van der Waals surface area contributed by atoms with Crippen molar-refractivity contribution >= 4 is 33.1 Å². The molecule has 0 unspecified atom stereocenters. The summed E-state index contributed by atoms with van der Waals surface area (Å²) < 4.78 is 30.5. The van der Waals surface area contributed by atoms with E-state index < -0.39 is 20.7 Å².